The van der Waals surface area contributed by atoms with Crippen LogP contribution in [0.1, 0.15) is 12.0 Å². The van der Waals surface area contributed by atoms with Crippen LogP contribution in [0.5, 0.6) is 11.5 Å². The number of carbonyl (C=O) groups is 3. The summed E-state index contributed by atoms with van der Waals surface area (Å²) >= 11 is 0. The largest absolute Gasteiger partial charge is 0.504 e. The highest BCUT2D eigenvalue weighted by atomic mass is 16.8. The number of fused-ring (bicyclic) bond motifs is 1. The number of rotatable bonds is 9. The molecule has 14 heteroatoms. The van der Waals surface area contributed by atoms with E-state index in [1.165, 1.54) is 37.5 Å². The van der Waals surface area contributed by atoms with E-state index in [1.807, 2.05) is 0 Å². The summed E-state index contributed by atoms with van der Waals surface area (Å²) in [5.41, 5.74) is 0.220. The minimum Gasteiger partial charge on any atom is -0.504 e. The van der Waals surface area contributed by atoms with Crippen LogP contribution < -0.4 is 4.74 Å². The van der Waals surface area contributed by atoms with E-state index in [4.69, 9.17) is 23.7 Å². The molecule has 0 radical (unpaired) electrons. The molecule has 2 heterocycles. The zero-order valence-electron chi connectivity index (χ0n) is 21.0. The third-order valence-corrected chi connectivity index (χ3v) is 6.84. The zero-order valence-corrected chi connectivity index (χ0v) is 21.0. The average Bonchev–Trinajstić information content (AvgIpc) is 3.38. The van der Waals surface area contributed by atoms with Crippen LogP contribution >= 0.6 is 0 Å². The van der Waals surface area contributed by atoms with E-state index in [-0.39, 0.29) is 29.1 Å². The molecule has 6 N–H and O–H groups in total. The SMILES string of the molecule is COc1cc(C=CC(=O)OC[C@H]2O[C@@H](O[C@@H]3OC=C(C(=O)O)[C@H]4CC=C(C(=O)O)[C@@H]34)[C@H](O)[C@@H](O)[C@@H]2O)ccc1O. The van der Waals surface area contributed by atoms with Crippen LogP contribution in [0.2, 0.25) is 0 Å². The van der Waals surface area contributed by atoms with Crippen molar-refractivity contribution in [3.05, 3.63) is 53.3 Å². The van der Waals surface area contributed by atoms with E-state index in [2.05, 4.69) is 0 Å². The number of aromatic hydroxyl groups is 1. The number of aliphatic hydroxyl groups is 3. The molecule has 1 aromatic rings. The van der Waals surface area contributed by atoms with E-state index >= 15 is 0 Å². The molecule has 1 fully saturated rings. The standard InChI is InChI=1S/C26H28O14/c1-36-16-8-11(2-6-15(16)27)3-7-18(28)37-10-17-20(29)21(30)22(31)26(39-17)40-25-19-12(4-5-13(19)23(32)33)14(9-38-25)24(34)35/h2-3,5-9,12,17,19-22,25-27,29-31H,4,10H2,1H3,(H,32,33)(H,34,35)/t12-,17-,19+,20-,21+,22-,25+,26+/m1/s1. The number of carboxylic acid groups (broad SMARTS) is 2. The molecule has 40 heavy (non-hydrogen) atoms. The number of methoxy groups -OCH3 is 1. The van der Waals surface area contributed by atoms with Gasteiger partial charge in [-0.3, -0.25) is 0 Å². The number of phenols is 1. The van der Waals surface area contributed by atoms with Crippen molar-refractivity contribution in [3.63, 3.8) is 0 Å². The third-order valence-electron chi connectivity index (χ3n) is 6.84. The summed E-state index contributed by atoms with van der Waals surface area (Å²) in [4.78, 5) is 35.6. The maximum Gasteiger partial charge on any atom is 0.335 e. The maximum absolute atomic E-state index is 12.2. The summed E-state index contributed by atoms with van der Waals surface area (Å²) in [5, 5.41) is 59.9. The van der Waals surface area contributed by atoms with Crippen LogP contribution in [0, 0.1) is 11.8 Å². The highest BCUT2D eigenvalue weighted by Gasteiger charge is 2.51. The number of aliphatic carboxylic acids is 2. The second-order valence-electron chi connectivity index (χ2n) is 9.26. The van der Waals surface area contributed by atoms with E-state index in [0.717, 1.165) is 12.3 Å². The Morgan fingerprint density at radius 2 is 1.75 bits per heavy atom. The highest BCUT2D eigenvalue weighted by Crippen LogP contribution is 2.44. The molecule has 0 unspecified atom stereocenters. The van der Waals surface area contributed by atoms with Gasteiger partial charge in [-0.15, -0.1) is 0 Å². The first kappa shape index (κ1) is 29.0. The molecule has 0 amide bonds. The van der Waals surface area contributed by atoms with Crippen molar-refractivity contribution in [2.45, 2.75) is 43.4 Å². The van der Waals surface area contributed by atoms with Gasteiger partial charge >= 0.3 is 17.9 Å². The van der Waals surface area contributed by atoms with Crippen molar-refractivity contribution < 1.29 is 68.7 Å². The Morgan fingerprint density at radius 1 is 1.02 bits per heavy atom. The number of allylic oxidation sites excluding steroid dienone is 1. The second-order valence-corrected chi connectivity index (χ2v) is 9.26. The summed E-state index contributed by atoms with van der Waals surface area (Å²) < 4.78 is 26.7. The lowest BCUT2D eigenvalue weighted by atomic mass is 9.83. The van der Waals surface area contributed by atoms with Gasteiger partial charge in [0.05, 0.1) is 24.9 Å². The Morgan fingerprint density at radius 3 is 2.42 bits per heavy atom. The van der Waals surface area contributed by atoms with Gasteiger partial charge in [0, 0.05) is 17.6 Å². The first-order valence-corrected chi connectivity index (χ1v) is 12.1. The monoisotopic (exact) mass is 564 g/mol. The predicted molar refractivity (Wildman–Crippen MR) is 130 cm³/mol. The minimum atomic E-state index is -1.81. The fourth-order valence-corrected chi connectivity index (χ4v) is 4.75. The van der Waals surface area contributed by atoms with Crippen LogP contribution in [-0.2, 0) is 33.3 Å². The molecule has 1 aliphatic carbocycles. The van der Waals surface area contributed by atoms with Gasteiger partial charge in [0.1, 0.15) is 31.0 Å². The van der Waals surface area contributed by atoms with Crippen molar-refractivity contribution >= 4 is 24.0 Å². The average molecular weight is 564 g/mol. The van der Waals surface area contributed by atoms with Crippen molar-refractivity contribution in [1.82, 2.24) is 0 Å². The predicted octanol–water partition coefficient (Wildman–Crippen LogP) is -0.247. The molecule has 0 saturated carbocycles. The molecule has 3 aliphatic rings. The molecule has 0 aromatic heterocycles. The van der Waals surface area contributed by atoms with Crippen LogP contribution in [0.3, 0.4) is 0 Å². The number of phenolic OH excluding ortho intramolecular Hbond substituents is 1. The lowest BCUT2D eigenvalue weighted by Crippen LogP contribution is -2.60. The van der Waals surface area contributed by atoms with Crippen LogP contribution in [0.4, 0.5) is 0 Å². The fourth-order valence-electron chi connectivity index (χ4n) is 4.75. The summed E-state index contributed by atoms with van der Waals surface area (Å²) in [6, 6.07) is 4.38. The van der Waals surface area contributed by atoms with Crippen LogP contribution in [0.25, 0.3) is 6.08 Å². The molecule has 216 valence electrons. The van der Waals surface area contributed by atoms with Gasteiger partial charge in [-0.1, -0.05) is 12.1 Å². The zero-order chi connectivity index (χ0) is 29.1. The smallest absolute Gasteiger partial charge is 0.335 e. The van der Waals surface area contributed by atoms with E-state index < -0.39 is 73.3 Å². The number of carboxylic acids is 2. The van der Waals surface area contributed by atoms with Crippen molar-refractivity contribution in [1.29, 1.82) is 0 Å². The van der Waals surface area contributed by atoms with E-state index in [1.54, 1.807) is 0 Å². The lowest BCUT2D eigenvalue weighted by molar-refractivity contribution is -0.339. The number of carbonyl (C=O) groups excluding carboxylic acids is 1. The number of benzene rings is 1. The minimum absolute atomic E-state index is 0.0844. The Bertz CT molecular complexity index is 1240. The first-order valence-electron chi connectivity index (χ1n) is 12.1. The first-order chi connectivity index (χ1) is 19.0. The van der Waals surface area contributed by atoms with Crippen molar-refractivity contribution in [2.75, 3.05) is 13.7 Å². The number of aliphatic hydroxyl groups excluding tert-OH is 3. The molecule has 2 aliphatic heterocycles. The molecule has 0 spiro atoms. The molecule has 1 saturated heterocycles. The highest BCUT2D eigenvalue weighted by molar-refractivity contribution is 5.91. The second kappa shape index (κ2) is 12.1. The number of hydrogen-bond donors (Lipinski definition) is 6. The van der Waals surface area contributed by atoms with E-state index in [9.17, 15) is 45.0 Å². The molecule has 8 atom stereocenters. The van der Waals surface area contributed by atoms with Gasteiger partial charge in [0.2, 0.25) is 6.29 Å². The Balaban J connectivity index is 1.42. The van der Waals surface area contributed by atoms with Gasteiger partial charge in [-0.2, -0.15) is 0 Å². The van der Waals surface area contributed by atoms with Gasteiger partial charge in [-0.25, -0.2) is 14.4 Å². The molecule has 0 bridgehead atoms. The Labute approximate surface area is 226 Å². The van der Waals surface area contributed by atoms with Crippen molar-refractivity contribution in [2.24, 2.45) is 11.8 Å². The van der Waals surface area contributed by atoms with Gasteiger partial charge in [0.25, 0.3) is 0 Å². The fraction of sp³-hybridized carbons (Fsp3) is 0.423. The topological polar surface area (TPSA) is 219 Å². The Kier molecular flexibility index (Phi) is 8.76. The Hall–Kier alpha value is -3.95. The normalized spacial score (nSPS) is 31.5. The van der Waals surface area contributed by atoms with Gasteiger partial charge in [-0.05, 0) is 30.2 Å². The van der Waals surface area contributed by atoms with E-state index in [0.29, 0.717) is 5.56 Å². The number of esters is 1. The molecule has 4 rings (SSSR count). The summed E-state index contributed by atoms with van der Waals surface area (Å²) in [6.07, 6.45) is -4.88. The maximum atomic E-state index is 12.2. The molecular weight excluding hydrogens is 536 g/mol. The number of ether oxygens (including phenoxy) is 5. The molecular formula is C26H28O14. The quantitative estimate of drug-likeness (QED) is 0.168. The van der Waals surface area contributed by atoms with Gasteiger partial charge < -0.3 is 54.3 Å². The van der Waals surface area contributed by atoms with Crippen molar-refractivity contribution in [3.8, 4) is 11.5 Å². The summed E-state index contributed by atoms with van der Waals surface area (Å²) in [5.74, 6) is -5.17. The van der Waals surface area contributed by atoms with Crippen LogP contribution in [-0.4, -0.2) is 99.3 Å². The van der Waals surface area contributed by atoms with Gasteiger partial charge in [0.15, 0.2) is 17.8 Å². The lowest BCUT2D eigenvalue weighted by Gasteiger charge is -2.42. The summed E-state index contributed by atoms with van der Waals surface area (Å²) in [6.45, 7) is -0.562. The third kappa shape index (κ3) is 5.95. The number of hydrogen-bond acceptors (Lipinski definition) is 12. The van der Waals surface area contributed by atoms with Crippen LogP contribution in [0.15, 0.2) is 47.8 Å². The molecule has 1 aromatic carbocycles. The molecule has 14 nitrogen and oxygen atoms in total. The summed E-state index contributed by atoms with van der Waals surface area (Å²) in [7, 11) is 1.37.